The maximum atomic E-state index is 12.2. The van der Waals surface area contributed by atoms with E-state index in [9.17, 15) is 4.79 Å². The minimum atomic E-state index is -0.109. The third-order valence-electron chi connectivity index (χ3n) is 3.60. The zero-order valence-electron chi connectivity index (χ0n) is 11.8. The van der Waals surface area contributed by atoms with Crippen molar-refractivity contribution in [3.63, 3.8) is 0 Å². The molecule has 1 heterocycles. The third kappa shape index (κ3) is 2.74. The molecule has 0 saturated carbocycles. The monoisotopic (exact) mass is 308 g/mol. The Morgan fingerprint density at radius 1 is 1.18 bits per heavy atom. The van der Waals surface area contributed by atoms with Crippen LogP contribution >= 0.6 is 11.6 Å². The summed E-state index contributed by atoms with van der Waals surface area (Å²) in [6.07, 6.45) is 2.61. The Morgan fingerprint density at radius 3 is 2.64 bits per heavy atom. The van der Waals surface area contributed by atoms with E-state index >= 15 is 0 Å². The fourth-order valence-corrected chi connectivity index (χ4v) is 2.68. The lowest BCUT2D eigenvalue weighted by Crippen LogP contribution is -2.03. The Bertz CT molecular complexity index is 801. The number of hydrogen-bond donors (Lipinski definition) is 1. The summed E-state index contributed by atoms with van der Waals surface area (Å²) in [4.78, 5) is 12.2. The van der Waals surface area contributed by atoms with Gasteiger partial charge >= 0.3 is 0 Å². The number of hydrogen-bond acceptors (Lipinski definition) is 2. The van der Waals surface area contributed by atoms with E-state index in [0.717, 1.165) is 28.8 Å². The molecule has 0 fully saturated rings. The van der Waals surface area contributed by atoms with Crippen molar-refractivity contribution in [1.82, 2.24) is 0 Å². The van der Waals surface area contributed by atoms with Crippen molar-refractivity contribution < 1.29 is 4.79 Å². The van der Waals surface area contributed by atoms with Crippen LogP contribution < -0.4 is 5.32 Å². The van der Waals surface area contributed by atoms with Gasteiger partial charge in [-0.1, -0.05) is 18.2 Å². The number of nitrogens with one attached hydrogen (secondary N) is 1. The summed E-state index contributed by atoms with van der Waals surface area (Å²) < 4.78 is 0. The van der Waals surface area contributed by atoms with E-state index in [2.05, 4.69) is 11.4 Å². The first-order chi connectivity index (χ1) is 10.7. The molecular formula is C18H13ClN2O. The van der Waals surface area contributed by atoms with E-state index in [4.69, 9.17) is 16.9 Å². The van der Waals surface area contributed by atoms with Crippen LogP contribution in [0.1, 0.15) is 22.3 Å². The Kier molecular flexibility index (Phi) is 3.95. The zero-order chi connectivity index (χ0) is 15.5. The first-order valence-corrected chi connectivity index (χ1v) is 7.47. The first kappa shape index (κ1) is 14.4. The van der Waals surface area contributed by atoms with Crippen LogP contribution in [0.5, 0.6) is 0 Å². The quantitative estimate of drug-likeness (QED) is 0.692. The molecule has 0 saturated heterocycles. The van der Waals surface area contributed by atoms with E-state index in [1.54, 1.807) is 12.1 Å². The second-order valence-electron chi connectivity index (χ2n) is 5.06. The molecular weight excluding hydrogens is 296 g/mol. The average Bonchev–Trinajstić information content (AvgIpc) is 2.84. The largest absolute Gasteiger partial charge is 0.321 e. The van der Waals surface area contributed by atoms with Crippen LogP contribution in [0, 0.1) is 11.3 Å². The molecule has 3 rings (SSSR count). The van der Waals surface area contributed by atoms with Gasteiger partial charge in [0, 0.05) is 22.7 Å². The molecule has 1 aliphatic rings. The highest BCUT2D eigenvalue weighted by Crippen LogP contribution is 2.34. The average molecular weight is 309 g/mol. The highest BCUT2D eigenvalue weighted by Gasteiger charge is 2.24. The molecule has 108 valence electrons. The van der Waals surface area contributed by atoms with Crippen LogP contribution in [0.2, 0.25) is 0 Å². The van der Waals surface area contributed by atoms with Crippen LogP contribution in [-0.2, 0) is 11.2 Å². The van der Waals surface area contributed by atoms with Crippen molar-refractivity contribution in [2.75, 3.05) is 11.2 Å². The van der Waals surface area contributed by atoms with Crippen LogP contribution in [0.25, 0.3) is 11.6 Å². The molecule has 4 heteroatoms. The van der Waals surface area contributed by atoms with Gasteiger partial charge in [0.1, 0.15) is 0 Å². The van der Waals surface area contributed by atoms with E-state index in [0.29, 0.717) is 17.0 Å². The fraction of sp³-hybridized carbons (Fsp3) is 0.111. The highest BCUT2D eigenvalue weighted by molar-refractivity contribution is 6.34. The number of nitriles is 1. The van der Waals surface area contributed by atoms with E-state index in [1.807, 2.05) is 36.4 Å². The molecule has 2 aromatic rings. The summed E-state index contributed by atoms with van der Waals surface area (Å²) in [5.41, 5.74) is 4.95. The number of aryl methyl sites for hydroxylation is 1. The van der Waals surface area contributed by atoms with Crippen molar-refractivity contribution in [2.24, 2.45) is 0 Å². The standard InChI is InChI=1S/C18H13ClN2O/c19-8-7-13-5-6-17-15(9-13)16(18(22)21-17)10-12-1-3-14(11-20)4-2-12/h1-6,9-10H,7-8H2,(H,21,22). The van der Waals surface area contributed by atoms with Crippen LogP contribution in [-0.4, -0.2) is 11.8 Å². The molecule has 0 radical (unpaired) electrons. The van der Waals surface area contributed by atoms with Gasteiger partial charge in [0.25, 0.3) is 5.91 Å². The van der Waals surface area contributed by atoms with Gasteiger partial charge in [0.15, 0.2) is 0 Å². The second-order valence-corrected chi connectivity index (χ2v) is 5.44. The number of fused-ring (bicyclic) bond motifs is 1. The maximum absolute atomic E-state index is 12.2. The van der Waals surface area contributed by atoms with E-state index in [1.165, 1.54) is 0 Å². The fourth-order valence-electron chi connectivity index (χ4n) is 2.46. The number of anilines is 1. The topological polar surface area (TPSA) is 52.9 Å². The normalized spacial score (nSPS) is 14.5. The summed E-state index contributed by atoms with van der Waals surface area (Å²) in [7, 11) is 0. The zero-order valence-corrected chi connectivity index (χ0v) is 12.5. The molecule has 1 aliphatic heterocycles. The van der Waals surface area contributed by atoms with Crippen molar-refractivity contribution in [2.45, 2.75) is 6.42 Å². The van der Waals surface area contributed by atoms with Crippen molar-refractivity contribution >= 4 is 34.8 Å². The van der Waals surface area contributed by atoms with Crippen LogP contribution in [0.3, 0.4) is 0 Å². The number of halogens is 1. The molecule has 22 heavy (non-hydrogen) atoms. The van der Waals surface area contributed by atoms with Gasteiger partial charge in [-0.05, 0) is 47.9 Å². The van der Waals surface area contributed by atoms with Gasteiger partial charge in [-0.15, -0.1) is 11.6 Å². The van der Waals surface area contributed by atoms with Gasteiger partial charge in [0.2, 0.25) is 0 Å². The lowest BCUT2D eigenvalue weighted by molar-refractivity contribution is -0.110. The lowest BCUT2D eigenvalue weighted by atomic mass is 10.0. The molecule has 0 bridgehead atoms. The number of amides is 1. The Morgan fingerprint density at radius 2 is 1.95 bits per heavy atom. The minimum Gasteiger partial charge on any atom is -0.321 e. The molecule has 0 atom stereocenters. The SMILES string of the molecule is N#Cc1ccc(C=C2C(=O)Nc3ccc(CCCl)cc32)cc1. The van der Waals surface area contributed by atoms with Crippen molar-refractivity contribution in [3.05, 3.63) is 64.7 Å². The third-order valence-corrected chi connectivity index (χ3v) is 3.79. The van der Waals surface area contributed by atoms with Crippen LogP contribution in [0.4, 0.5) is 5.69 Å². The van der Waals surface area contributed by atoms with E-state index in [-0.39, 0.29) is 5.91 Å². The smallest absolute Gasteiger partial charge is 0.256 e. The van der Waals surface area contributed by atoms with Crippen molar-refractivity contribution in [3.8, 4) is 6.07 Å². The highest BCUT2D eigenvalue weighted by atomic mass is 35.5. The van der Waals surface area contributed by atoms with Gasteiger partial charge in [0.05, 0.1) is 11.6 Å². The van der Waals surface area contributed by atoms with Gasteiger partial charge < -0.3 is 5.32 Å². The summed E-state index contributed by atoms with van der Waals surface area (Å²) in [6.45, 7) is 0. The second kappa shape index (κ2) is 6.05. The number of rotatable bonds is 3. The molecule has 0 unspecified atom stereocenters. The molecule has 0 aliphatic carbocycles. The number of benzene rings is 2. The lowest BCUT2D eigenvalue weighted by Gasteiger charge is -2.03. The van der Waals surface area contributed by atoms with E-state index < -0.39 is 0 Å². The minimum absolute atomic E-state index is 0.109. The van der Waals surface area contributed by atoms with Gasteiger partial charge in [-0.2, -0.15) is 5.26 Å². The molecule has 0 aromatic heterocycles. The Hall–Kier alpha value is -2.57. The summed E-state index contributed by atoms with van der Waals surface area (Å²) in [5, 5.41) is 11.7. The number of carbonyl (C=O) groups excluding carboxylic acids is 1. The summed E-state index contributed by atoms with van der Waals surface area (Å²) in [5.74, 6) is 0.442. The van der Waals surface area contributed by atoms with Gasteiger partial charge in [-0.25, -0.2) is 0 Å². The van der Waals surface area contributed by atoms with Crippen LogP contribution in [0.15, 0.2) is 42.5 Å². The molecule has 1 amide bonds. The maximum Gasteiger partial charge on any atom is 0.256 e. The summed E-state index contributed by atoms with van der Waals surface area (Å²) >= 11 is 5.79. The summed E-state index contributed by atoms with van der Waals surface area (Å²) in [6, 6.07) is 15.1. The molecule has 2 aromatic carbocycles. The number of carbonyl (C=O) groups is 1. The molecule has 3 nitrogen and oxygen atoms in total. The van der Waals surface area contributed by atoms with Gasteiger partial charge in [-0.3, -0.25) is 4.79 Å². The Labute approximate surface area is 133 Å². The molecule has 0 spiro atoms. The Balaban J connectivity index is 2.01. The number of nitrogens with zero attached hydrogens (tertiary/aromatic N) is 1. The van der Waals surface area contributed by atoms with Crippen molar-refractivity contribution in [1.29, 1.82) is 5.26 Å². The predicted molar refractivity (Wildman–Crippen MR) is 88.5 cm³/mol. The number of alkyl halides is 1. The predicted octanol–water partition coefficient (Wildman–Crippen LogP) is 3.83. The first-order valence-electron chi connectivity index (χ1n) is 6.94. The molecule has 1 N–H and O–H groups in total.